The zero-order valence-corrected chi connectivity index (χ0v) is 13.4. The van der Waals surface area contributed by atoms with Crippen molar-refractivity contribution >= 4 is 17.2 Å². The third-order valence-electron chi connectivity index (χ3n) is 3.37. The molecule has 0 aliphatic rings. The molecule has 2 aromatic rings. The molecule has 0 aromatic carbocycles. The summed E-state index contributed by atoms with van der Waals surface area (Å²) in [5.41, 5.74) is 0. The first-order valence-corrected chi connectivity index (χ1v) is 8.02. The molecule has 0 saturated carbocycles. The number of quaternary nitrogens is 1. The van der Waals surface area contributed by atoms with Gasteiger partial charge in [-0.2, -0.15) is 0 Å². The number of nitrogens with zero attached hydrogens (tertiary/aromatic N) is 2. The first-order valence-electron chi connectivity index (χ1n) is 7.14. The zero-order chi connectivity index (χ0) is 15.2. The van der Waals surface area contributed by atoms with Crippen LogP contribution in [0, 0.1) is 0 Å². The molecular weight excluding hydrogens is 288 g/mol. The zero-order valence-electron chi connectivity index (χ0n) is 12.5. The summed E-state index contributed by atoms with van der Waals surface area (Å²) in [6.45, 7) is 7.83. The summed E-state index contributed by atoms with van der Waals surface area (Å²) in [5, 5.41) is 13.0. The Hall–Kier alpha value is -1.73. The van der Waals surface area contributed by atoms with Gasteiger partial charge in [0.2, 0.25) is 0 Å². The second-order valence-electron chi connectivity index (χ2n) is 4.79. The van der Waals surface area contributed by atoms with Crippen LogP contribution in [-0.4, -0.2) is 35.7 Å². The third-order valence-corrected chi connectivity index (χ3v) is 4.23. The summed E-state index contributed by atoms with van der Waals surface area (Å²) in [6.07, 6.45) is 0. The van der Waals surface area contributed by atoms with E-state index in [-0.39, 0.29) is 11.9 Å². The molecule has 114 valence electrons. The van der Waals surface area contributed by atoms with Gasteiger partial charge in [0.05, 0.1) is 11.4 Å². The second-order valence-corrected chi connectivity index (χ2v) is 5.73. The van der Waals surface area contributed by atoms with Crippen molar-refractivity contribution in [3.05, 3.63) is 23.4 Å². The highest BCUT2D eigenvalue weighted by molar-refractivity contribution is 7.13. The van der Waals surface area contributed by atoms with Gasteiger partial charge in [-0.25, -0.2) is 0 Å². The third kappa shape index (κ3) is 3.89. The van der Waals surface area contributed by atoms with Crippen molar-refractivity contribution in [2.75, 3.05) is 19.6 Å². The minimum Gasteiger partial charge on any atom is -0.414 e. The van der Waals surface area contributed by atoms with Crippen molar-refractivity contribution in [3.8, 4) is 10.8 Å². The highest BCUT2D eigenvalue weighted by Crippen LogP contribution is 2.24. The molecule has 2 N–H and O–H groups in total. The number of hydrogen-bond donors (Lipinski definition) is 2. The predicted molar refractivity (Wildman–Crippen MR) is 81.1 cm³/mol. The molecule has 0 saturated heterocycles. The molecule has 0 spiro atoms. The molecule has 1 amide bonds. The lowest BCUT2D eigenvalue weighted by atomic mass is 10.2. The largest absolute Gasteiger partial charge is 0.414 e. The molecule has 0 radical (unpaired) electrons. The van der Waals surface area contributed by atoms with Gasteiger partial charge >= 0.3 is 0 Å². The summed E-state index contributed by atoms with van der Waals surface area (Å²) in [7, 11) is 0. The molecule has 0 fully saturated rings. The number of likely N-dealkylation sites (N-methyl/N-ethyl adjacent to an activating group) is 2. The van der Waals surface area contributed by atoms with Gasteiger partial charge < -0.3 is 14.6 Å². The molecular formula is C14H21N4O2S+. The van der Waals surface area contributed by atoms with Gasteiger partial charge in [0.25, 0.3) is 17.7 Å². The Bertz CT molecular complexity index is 567. The van der Waals surface area contributed by atoms with Crippen LogP contribution >= 0.6 is 11.3 Å². The highest BCUT2D eigenvalue weighted by atomic mass is 32.1. The molecule has 1 unspecified atom stereocenters. The maximum absolute atomic E-state index is 11.7. The second kappa shape index (κ2) is 7.33. The fourth-order valence-corrected chi connectivity index (χ4v) is 2.78. The van der Waals surface area contributed by atoms with Crippen LogP contribution in [0.25, 0.3) is 10.8 Å². The van der Waals surface area contributed by atoms with Gasteiger partial charge in [-0.05, 0) is 32.2 Å². The molecule has 21 heavy (non-hydrogen) atoms. The highest BCUT2D eigenvalue weighted by Gasteiger charge is 2.26. The Morgan fingerprint density at radius 3 is 2.90 bits per heavy atom. The number of amides is 1. The van der Waals surface area contributed by atoms with Crippen molar-refractivity contribution in [2.45, 2.75) is 26.8 Å². The van der Waals surface area contributed by atoms with Gasteiger partial charge in [0, 0.05) is 6.54 Å². The van der Waals surface area contributed by atoms with Crippen LogP contribution in [0.5, 0.6) is 0 Å². The number of carbonyl (C=O) groups is 1. The number of nitrogens with one attached hydrogen (secondary N) is 2. The van der Waals surface area contributed by atoms with E-state index in [0.29, 0.717) is 24.9 Å². The normalized spacial score (nSPS) is 13.9. The number of hydrogen-bond acceptors (Lipinski definition) is 5. The number of carbonyl (C=O) groups excluding carboxylic acids is 1. The fraction of sp³-hybridized carbons (Fsp3) is 0.500. The van der Waals surface area contributed by atoms with Gasteiger partial charge in [-0.15, -0.1) is 21.5 Å². The van der Waals surface area contributed by atoms with Gasteiger partial charge in [-0.1, -0.05) is 6.07 Å². The van der Waals surface area contributed by atoms with Crippen molar-refractivity contribution < 1.29 is 14.1 Å². The lowest BCUT2D eigenvalue weighted by molar-refractivity contribution is -0.921. The maximum atomic E-state index is 11.7. The van der Waals surface area contributed by atoms with Gasteiger partial charge in [-0.3, -0.25) is 4.79 Å². The van der Waals surface area contributed by atoms with E-state index in [4.69, 9.17) is 4.42 Å². The molecule has 0 aliphatic carbocycles. The lowest BCUT2D eigenvalue weighted by Gasteiger charge is -2.21. The van der Waals surface area contributed by atoms with Gasteiger partial charge in [0.15, 0.2) is 12.6 Å². The molecule has 0 aliphatic heterocycles. The van der Waals surface area contributed by atoms with Crippen LogP contribution < -0.4 is 10.2 Å². The Morgan fingerprint density at radius 1 is 1.48 bits per heavy atom. The van der Waals surface area contributed by atoms with Crippen molar-refractivity contribution in [3.63, 3.8) is 0 Å². The maximum Gasteiger partial charge on any atom is 0.275 e. The van der Waals surface area contributed by atoms with Crippen LogP contribution in [0.1, 0.15) is 32.7 Å². The average molecular weight is 309 g/mol. The Morgan fingerprint density at radius 2 is 2.29 bits per heavy atom. The van der Waals surface area contributed by atoms with E-state index in [0.717, 1.165) is 16.3 Å². The Kier molecular flexibility index (Phi) is 5.46. The Balaban J connectivity index is 2.07. The minimum atomic E-state index is -0.0150. The lowest BCUT2D eigenvalue weighted by Crippen LogP contribution is -3.12. The van der Waals surface area contributed by atoms with E-state index < -0.39 is 0 Å². The first-order chi connectivity index (χ1) is 10.2. The molecule has 0 bridgehead atoms. The summed E-state index contributed by atoms with van der Waals surface area (Å²) in [4.78, 5) is 13.8. The quantitative estimate of drug-likeness (QED) is 0.797. The smallest absolute Gasteiger partial charge is 0.275 e. The summed E-state index contributed by atoms with van der Waals surface area (Å²) in [5.74, 6) is 1.15. The van der Waals surface area contributed by atoms with Crippen LogP contribution in [-0.2, 0) is 4.79 Å². The molecule has 2 rings (SSSR count). The van der Waals surface area contributed by atoms with Crippen molar-refractivity contribution in [1.82, 2.24) is 15.5 Å². The van der Waals surface area contributed by atoms with E-state index >= 15 is 0 Å². The SMILES string of the molecule is CCNC(=O)C[NH+](CC)[C@H](C)c1nnc(-c2cccs2)o1. The summed E-state index contributed by atoms with van der Waals surface area (Å²) < 4.78 is 5.75. The van der Waals surface area contributed by atoms with E-state index in [9.17, 15) is 4.79 Å². The first kappa shape index (κ1) is 15.7. The van der Waals surface area contributed by atoms with E-state index in [1.54, 1.807) is 11.3 Å². The van der Waals surface area contributed by atoms with Crippen LogP contribution in [0.15, 0.2) is 21.9 Å². The number of aromatic nitrogens is 2. The molecule has 7 heteroatoms. The van der Waals surface area contributed by atoms with Crippen molar-refractivity contribution in [2.24, 2.45) is 0 Å². The van der Waals surface area contributed by atoms with E-state index in [2.05, 4.69) is 15.5 Å². The molecule has 2 atom stereocenters. The minimum absolute atomic E-state index is 0.0150. The van der Waals surface area contributed by atoms with E-state index in [1.165, 1.54) is 0 Å². The Labute approximate surface area is 128 Å². The average Bonchev–Trinajstić information content (AvgIpc) is 3.14. The topological polar surface area (TPSA) is 72.5 Å². The van der Waals surface area contributed by atoms with Crippen LogP contribution in [0.2, 0.25) is 0 Å². The van der Waals surface area contributed by atoms with Gasteiger partial charge in [0.1, 0.15) is 0 Å². The molecule has 2 aromatic heterocycles. The van der Waals surface area contributed by atoms with Crippen LogP contribution in [0.4, 0.5) is 0 Å². The monoisotopic (exact) mass is 309 g/mol. The molecule has 6 nitrogen and oxygen atoms in total. The van der Waals surface area contributed by atoms with Crippen molar-refractivity contribution in [1.29, 1.82) is 0 Å². The summed E-state index contributed by atoms with van der Waals surface area (Å²) >= 11 is 1.57. The predicted octanol–water partition coefficient (Wildman–Crippen LogP) is 0.900. The van der Waals surface area contributed by atoms with Crippen LogP contribution in [0.3, 0.4) is 0 Å². The van der Waals surface area contributed by atoms with E-state index in [1.807, 2.05) is 38.3 Å². The molecule has 2 heterocycles. The number of thiophene rings is 1. The fourth-order valence-electron chi connectivity index (χ4n) is 2.13. The standard InChI is InChI=1S/C14H20N4O2S/c1-4-15-12(19)9-18(5-2)10(3)13-16-17-14(20-13)11-7-6-8-21-11/h6-8,10H,4-5,9H2,1-3H3,(H,15,19)/p+1/t10-/m1/s1. The summed E-state index contributed by atoms with van der Waals surface area (Å²) in [6, 6.07) is 3.89. The number of rotatable bonds is 7.